The molecule has 0 heterocycles. The van der Waals surface area contributed by atoms with E-state index in [0.717, 1.165) is 17.1 Å². The third-order valence-electron chi connectivity index (χ3n) is 5.70. The van der Waals surface area contributed by atoms with Gasteiger partial charge in [-0.1, -0.05) is 42.5 Å². The lowest BCUT2D eigenvalue weighted by atomic mass is 10.1. The molecule has 0 radical (unpaired) electrons. The predicted octanol–water partition coefficient (Wildman–Crippen LogP) is 5.86. The largest absolute Gasteiger partial charge is 0.490 e. The van der Waals surface area contributed by atoms with Crippen molar-refractivity contribution < 1.29 is 19.1 Å². The van der Waals surface area contributed by atoms with E-state index in [2.05, 4.69) is 10.6 Å². The first kappa shape index (κ1) is 26.3. The lowest BCUT2D eigenvalue weighted by Gasteiger charge is -2.21. The van der Waals surface area contributed by atoms with Crippen molar-refractivity contribution >= 4 is 28.9 Å². The molecule has 2 N–H and O–H groups in total. The monoisotopic (exact) mass is 509 g/mol. The smallest absolute Gasteiger partial charge is 0.258 e. The van der Waals surface area contributed by atoms with E-state index in [4.69, 9.17) is 9.47 Å². The summed E-state index contributed by atoms with van der Waals surface area (Å²) in [5.74, 6) is 1.16. The molecule has 0 atom stereocenters. The van der Waals surface area contributed by atoms with E-state index < -0.39 is 0 Å². The van der Waals surface area contributed by atoms with Crippen LogP contribution < -0.4 is 25.0 Å². The SMILES string of the molecule is CCN(C(=O)c1ccc(NCC(=O)Nc2cccc(OCCOc3ccccc3)c2)cc1)c1ccccc1. The molecule has 0 aliphatic rings. The third kappa shape index (κ3) is 7.61. The van der Waals surface area contributed by atoms with Crippen molar-refractivity contribution in [2.45, 2.75) is 6.92 Å². The number of nitrogens with zero attached hydrogens (tertiary/aromatic N) is 1. The van der Waals surface area contributed by atoms with Crippen LogP contribution >= 0.6 is 0 Å². The molecule has 0 aromatic heterocycles. The van der Waals surface area contributed by atoms with Crippen molar-refractivity contribution in [3.8, 4) is 11.5 Å². The van der Waals surface area contributed by atoms with Crippen molar-refractivity contribution in [2.75, 3.05) is 41.8 Å². The normalized spacial score (nSPS) is 10.3. The van der Waals surface area contributed by atoms with E-state index in [1.54, 1.807) is 41.3 Å². The van der Waals surface area contributed by atoms with Gasteiger partial charge in [0.15, 0.2) is 0 Å². The zero-order valence-electron chi connectivity index (χ0n) is 21.3. The van der Waals surface area contributed by atoms with E-state index in [-0.39, 0.29) is 18.4 Å². The van der Waals surface area contributed by atoms with Gasteiger partial charge in [-0.15, -0.1) is 0 Å². The number of hydrogen-bond donors (Lipinski definition) is 2. The van der Waals surface area contributed by atoms with Crippen LogP contribution in [0.2, 0.25) is 0 Å². The Morgan fingerprint density at radius 2 is 1.34 bits per heavy atom. The van der Waals surface area contributed by atoms with Crippen LogP contribution in [0.15, 0.2) is 109 Å². The number of hydrogen-bond acceptors (Lipinski definition) is 5. The Hall–Kier alpha value is -4.78. The highest BCUT2D eigenvalue weighted by Gasteiger charge is 2.15. The average molecular weight is 510 g/mol. The molecular formula is C31H31N3O4. The maximum absolute atomic E-state index is 13.0. The minimum Gasteiger partial charge on any atom is -0.490 e. The minimum atomic E-state index is -0.198. The van der Waals surface area contributed by atoms with Gasteiger partial charge in [-0.3, -0.25) is 9.59 Å². The summed E-state index contributed by atoms with van der Waals surface area (Å²) < 4.78 is 11.4. The van der Waals surface area contributed by atoms with E-state index in [1.165, 1.54) is 0 Å². The summed E-state index contributed by atoms with van der Waals surface area (Å²) in [5, 5.41) is 5.96. The van der Waals surface area contributed by atoms with E-state index in [0.29, 0.717) is 36.8 Å². The lowest BCUT2D eigenvalue weighted by Crippen LogP contribution is -2.30. The van der Waals surface area contributed by atoms with Gasteiger partial charge < -0.3 is 25.0 Å². The molecule has 0 unspecified atom stereocenters. The first-order valence-electron chi connectivity index (χ1n) is 12.5. The number of amides is 2. The van der Waals surface area contributed by atoms with Crippen LogP contribution in [-0.4, -0.2) is 38.1 Å². The summed E-state index contributed by atoms with van der Waals surface area (Å²) in [5.41, 5.74) is 2.82. The van der Waals surface area contributed by atoms with Gasteiger partial charge in [0.25, 0.3) is 5.91 Å². The van der Waals surface area contributed by atoms with Gasteiger partial charge in [-0.2, -0.15) is 0 Å². The molecule has 0 aliphatic carbocycles. The molecule has 0 saturated carbocycles. The standard InChI is InChI=1S/C31H31N3O4/c1-2-34(27-11-5-3-6-12-27)31(36)24-16-18-25(19-17-24)32-23-30(35)33-26-10-9-15-29(22-26)38-21-20-37-28-13-7-4-8-14-28/h3-19,22,32H,2,20-21,23H2,1H3,(H,33,35). The Balaban J connectivity index is 1.23. The molecule has 194 valence electrons. The van der Waals surface area contributed by atoms with Crippen molar-refractivity contribution in [1.82, 2.24) is 0 Å². The van der Waals surface area contributed by atoms with Gasteiger partial charge in [0.2, 0.25) is 5.91 Å². The van der Waals surface area contributed by atoms with Crippen LogP contribution in [0.25, 0.3) is 0 Å². The Morgan fingerprint density at radius 1 is 0.711 bits per heavy atom. The molecule has 4 aromatic rings. The summed E-state index contributed by atoms with van der Waals surface area (Å²) >= 11 is 0. The second-order valence-corrected chi connectivity index (χ2v) is 8.40. The molecule has 0 fully saturated rings. The first-order chi connectivity index (χ1) is 18.6. The molecule has 38 heavy (non-hydrogen) atoms. The maximum atomic E-state index is 13.0. The van der Waals surface area contributed by atoms with Crippen LogP contribution in [-0.2, 0) is 4.79 Å². The highest BCUT2D eigenvalue weighted by molar-refractivity contribution is 6.06. The van der Waals surface area contributed by atoms with Gasteiger partial charge in [0.05, 0.1) is 6.54 Å². The molecule has 4 rings (SSSR count). The second kappa shape index (κ2) is 13.5. The lowest BCUT2D eigenvalue weighted by molar-refractivity contribution is -0.114. The molecule has 0 saturated heterocycles. The Kier molecular flexibility index (Phi) is 9.34. The number of anilines is 3. The maximum Gasteiger partial charge on any atom is 0.258 e. The fourth-order valence-corrected chi connectivity index (χ4v) is 3.82. The van der Waals surface area contributed by atoms with Crippen LogP contribution in [0.5, 0.6) is 11.5 Å². The molecule has 0 bridgehead atoms. The molecule has 7 heteroatoms. The Labute approximate surface area is 223 Å². The summed E-state index contributed by atoms with van der Waals surface area (Å²) in [6, 6.07) is 33.5. The summed E-state index contributed by atoms with van der Waals surface area (Å²) in [4.78, 5) is 27.2. The number of para-hydroxylation sites is 2. The van der Waals surface area contributed by atoms with Gasteiger partial charge in [0.1, 0.15) is 24.7 Å². The molecule has 0 spiro atoms. The number of rotatable bonds is 12. The fourth-order valence-electron chi connectivity index (χ4n) is 3.82. The highest BCUT2D eigenvalue weighted by atomic mass is 16.5. The Morgan fingerprint density at radius 3 is 2.03 bits per heavy atom. The molecule has 7 nitrogen and oxygen atoms in total. The number of benzene rings is 4. The number of ether oxygens (including phenoxy) is 2. The number of carbonyl (C=O) groups excluding carboxylic acids is 2. The van der Waals surface area contributed by atoms with E-state index >= 15 is 0 Å². The van der Waals surface area contributed by atoms with Crippen molar-refractivity contribution in [3.63, 3.8) is 0 Å². The van der Waals surface area contributed by atoms with Crippen LogP contribution in [0.3, 0.4) is 0 Å². The average Bonchev–Trinajstić information content (AvgIpc) is 2.96. The predicted molar refractivity (Wildman–Crippen MR) is 151 cm³/mol. The summed E-state index contributed by atoms with van der Waals surface area (Å²) in [6.07, 6.45) is 0. The van der Waals surface area contributed by atoms with Crippen LogP contribution in [0, 0.1) is 0 Å². The third-order valence-corrected chi connectivity index (χ3v) is 5.70. The van der Waals surface area contributed by atoms with Crippen LogP contribution in [0.4, 0.5) is 17.1 Å². The molecular weight excluding hydrogens is 478 g/mol. The minimum absolute atomic E-state index is 0.0725. The quantitative estimate of drug-likeness (QED) is 0.234. The van der Waals surface area contributed by atoms with Gasteiger partial charge in [-0.05, 0) is 67.6 Å². The zero-order chi connectivity index (χ0) is 26.6. The van der Waals surface area contributed by atoms with Gasteiger partial charge in [-0.25, -0.2) is 0 Å². The first-order valence-corrected chi connectivity index (χ1v) is 12.5. The number of nitrogens with one attached hydrogen (secondary N) is 2. The second-order valence-electron chi connectivity index (χ2n) is 8.40. The van der Waals surface area contributed by atoms with Crippen molar-refractivity contribution in [2.24, 2.45) is 0 Å². The highest BCUT2D eigenvalue weighted by Crippen LogP contribution is 2.19. The molecule has 4 aromatic carbocycles. The summed E-state index contributed by atoms with van der Waals surface area (Å²) in [6.45, 7) is 3.39. The zero-order valence-corrected chi connectivity index (χ0v) is 21.3. The number of carbonyl (C=O) groups is 2. The van der Waals surface area contributed by atoms with Crippen molar-refractivity contribution in [3.05, 3.63) is 115 Å². The topological polar surface area (TPSA) is 79.9 Å². The molecule has 0 aliphatic heterocycles. The van der Waals surface area contributed by atoms with Gasteiger partial charge in [0, 0.05) is 35.2 Å². The van der Waals surface area contributed by atoms with Crippen molar-refractivity contribution in [1.29, 1.82) is 0 Å². The fraction of sp³-hybridized carbons (Fsp3) is 0.161. The van der Waals surface area contributed by atoms with E-state index in [1.807, 2.05) is 79.7 Å². The van der Waals surface area contributed by atoms with Gasteiger partial charge >= 0.3 is 0 Å². The van der Waals surface area contributed by atoms with E-state index in [9.17, 15) is 9.59 Å². The molecule has 2 amide bonds. The van der Waals surface area contributed by atoms with Crippen LogP contribution in [0.1, 0.15) is 17.3 Å². The Bertz CT molecular complexity index is 1310. The summed E-state index contributed by atoms with van der Waals surface area (Å²) in [7, 11) is 0.